The lowest BCUT2D eigenvalue weighted by Crippen LogP contribution is -2.29. The Morgan fingerprint density at radius 3 is 1.57 bits per heavy atom. The second-order valence-corrected chi connectivity index (χ2v) is 9.50. The van der Waals surface area contributed by atoms with Gasteiger partial charge in [0, 0.05) is 6.92 Å². The molecule has 5 rings (SSSR count). The molecule has 0 fully saturated rings. The Labute approximate surface area is 207 Å². The predicted molar refractivity (Wildman–Crippen MR) is 141 cm³/mol. The summed E-state index contributed by atoms with van der Waals surface area (Å²) in [5.74, 6) is 1.15. The highest BCUT2D eigenvalue weighted by atomic mass is 16.5. The molecule has 0 spiro atoms. The molecule has 0 radical (unpaired) electrons. The van der Waals surface area contributed by atoms with Crippen LogP contribution in [-0.2, 0) is 10.2 Å². The summed E-state index contributed by atoms with van der Waals surface area (Å²) in [7, 11) is 1.71. The minimum atomic E-state index is -0.515. The van der Waals surface area contributed by atoms with E-state index in [0.29, 0.717) is 5.75 Å². The summed E-state index contributed by atoms with van der Waals surface area (Å²) in [6, 6.07) is 25.9. The van der Waals surface area contributed by atoms with E-state index in [9.17, 15) is 4.79 Å². The van der Waals surface area contributed by atoms with Crippen molar-refractivity contribution in [3.8, 4) is 22.6 Å². The van der Waals surface area contributed by atoms with Crippen LogP contribution in [0.3, 0.4) is 0 Å². The number of hydrogen-bond acceptors (Lipinski definition) is 3. The average Bonchev–Trinajstić information content (AvgIpc) is 3.13. The van der Waals surface area contributed by atoms with Gasteiger partial charge in [0.15, 0.2) is 0 Å². The van der Waals surface area contributed by atoms with Gasteiger partial charge in [-0.05, 0) is 95.5 Å². The molecule has 0 aromatic heterocycles. The van der Waals surface area contributed by atoms with Gasteiger partial charge >= 0.3 is 5.97 Å². The summed E-state index contributed by atoms with van der Waals surface area (Å²) in [6.45, 7) is 9.91. The van der Waals surface area contributed by atoms with Crippen LogP contribution in [-0.4, -0.2) is 13.1 Å². The van der Waals surface area contributed by atoms with E-state index in [1.165, 1.54) is 45.9 Å². The summed E-state index contributed by atoms with van der Waals surface area (Å²) < 4.78 is 11.1. The number of ether oxygens (including phenoxy) is 2. The van der Waals surface area contributed by atoms with Gasteiger partial charge in [-0.3, -0.25) is 4.79 Å². The van der Waals surface area contributed by atoms with Crippen molar-refractivity contribution in [3.63, 3.8) is 0 Å². The summed E-state index contributed by atoms with van der Waals surface area (Å²) in [4.78, 5) is 11.7. The molecule has 0 saturated carbocycles. The Kier molecular flexibility index (Phi) is 5.52. The molecule has 0 unspecified atom stereocenters. The number of benzene rings is 4. The second-order valence-electron chi connectivity index (χ2n) is 9.50. The number of rotatable bonds is 4. The normalized spacial score (nSPS) is 13.2. The molecule has 1 aliphatic carbocycles. The van der Waals surface area contributed by atoms with E-state index in [0.717, 1.165) is 22.4 Å². The topological polar surface area (TPSA) is 35.5 Å². The number of carbonyl (C=O) groups is 1. The highest BCUT2D eigenvalue weighted by Crippen LogP contribution is 2.58. The Balaban J connectivity index is 1.92. The molecule has 0 heterocycles. The Morgan fingerprint density at radius 2 is 1.14 bits per heavy atom. The van der Waals surface area contributed by atoms with E-state index >= 15 is 0 Å². The molecule has 4 aromatic carbocycles. The third-order valence-electron chi connectivity index (χ3n) is 7.29. The maximum absolute atomic E-state index is 11.7. The van der Waals surface area contributed by atoms with Gasteiger partial charge in [0.2, 0.25) is 0 Å². The van der Waals surface area contributed by atoms with Crippen molar-refractivity contribution in [2.24, 2.45) is 0 Å². The maximum Gasteiger partial charge on any atom is 0.308 e. The van der Waals surface area contributed by atoms with Crippen molar-refractivity contribution in [3.05, 3.63) is 117 Å². The number of aryl methyl sites for hydroxylation is 4. The third-order valence-corrected chi connectivity index (χ3v) is 7.29. The van der Waals surface area contributed by atoms with E-state index in [1.54, 1.807) is 7.11 Å². The first kappa shape index (κ1) is 22.9. The summed E-state index contributed by atoms with van der Waals surface area (Å²) in [5, 5.41) is 0. The number of hydrogen-bond donors (Lipinski definition) is 0. The van der Waals surface area contributed by atoms with Crippen molar-refractivity contribution >= 4 is 5.97 Å². The molecule has 0 atom stereocenters. The van der Waals surface area contributed by atoms with Crippen molar-refractivity contribution in [2.45, 2.75) is 40.0 Å². The van der Waals surface area contributed by atoms with Gasteiger partial charge in [-0.2, -0.15) is 0 Å². The molecule has 35 heavy (non-hydrogen) atoms. The molecule has 4 aromatic rings. The summed E-state index contributed by atoms with van der Waals surface area (Å²) in [5.41, 5.74) is 11.5. The van der Waals surface area contributed by atoms with Crippen molar-refractivity contribution < 1.29 is 14.3 Å². The van der Waals surface area contributed by atoms with Crippen LogP contribution in [0.4, 0.5) is 0 Å². The lowest BCUT2D eigenvalue weighted by molar-refractivity contribution is -0.131. The van der Waals surface area contributed by atoms with E-state index < -0.39 is 5.41 Å². The predicted octanol–water partition coefficient (Wildman–Crippen LogP) is 7.22. The number of fused-ring (bicyclic) bond motifs is 3. The SMILES string of the molecule is COc1ccc(C2(c3ccc(OC(C)=O)c(C)c3)c3cccc(C)c3-c3c(C)cccc32)cc1C. The van der Waals surface area contributed by atoms with E-state index in [1.807, 2.05) is 13.0 Å². The van der Waals surface area contributed by atoms with Crippen molar-refractivity contribution in [1.82, 2.24) is 0 Å². The van der Waals surface area contributed by atoms with Gasteiger partial charge in [0.1, 0.15) is 11.5 Å². The standard InChI is InChI=1S/C32H30O3/c1-19-9-7-11-26-30(19)31-20(2)10-8-12-27(31)32(26,24-13-15-28(34-6)21(3)17-24)25-14-16-29(22(4)18-25)35-23(5)33/h7-18H,1-6H3. The molecule has 0 aliphatic heterocycles. The molecular weight excluding hydrogens is 432 g/mol. The first-order valence-corrected chi connectivity index (χ1v) is 11.9. The molecule has 0 amide bonds. The summed E-state index contributed by atoms with van der Waals surface area (Å²) in [6.07, 6.45) is 0. The molecule has 176 valence electrons. The van der Waals surface area contributed by atoms with Crippen LogP contribution in [0.15, 0.2) is 72.8 Å². The monoisotopic (exact) mass is 462 g/mol. The zero-order valence-corrected chi connectivity index (χ0v) is 21.2. The zero-order chi connectivity index (χ0) is 24.9. The van der Waals surface area contributed by atoms with Crippen LogP contribution in [0.25, 0.3) is 11.1 Å². The highest BCUT2D eigenvalue weighted by Gasteiger charge is 2.47. The van der Waals surface area contributed by atoms with Gasteiger partial charge in [-0.1, -0.05) is 60.7 Å². The second kappa shape index (κ2) is 8.42. The van der Waals surface area contributed by atoms with Gasteiger partial charge in [0.05, 0.1) is 12.5 Å². The van der Waals surface area contributed by atoms with Gasteiger partial charge in [0.25, 0.3) is 0 Å². The number of carbonyl (C=O) groups excluding carboxylic acids is 1. The van der Waals surface area contributed by atoms with E-state index in [4.69, 9.17) is 9.47 Å². The number of methoxy groups -OCH3 is 1. The highest BCUT2D eigenvalue weighted by molar-refractivity contribution is 5.90. The zero-order valence-electron chi connectivity index (χ0n) is 21.2. The quantitative estimate of drug-likeness (QED) is 0.209. The van der Waals surface area contributed by atoms with Gasteiger partial charge < -0.3 is 9.47 Å². The Hall–Kier alpha value is -3.85. The molecule has 0 N–H and O–H groups in total. The van der Waals surface area contributed by atoms with Crippen molar-refractivity contribution in [2.75, 3.05) is 7.11 Å². The van der Waals surface area contributed by atoms with Crippen LogP contribution < -0.4 is 9.47 Å². The average molecular weight is 463 g/mol. The Bertz CT molecular complexity index is 1430. The van der Waals surface area contributed by atoms with E-state index in [-0.39, 0.29) is 5.97 Å². The van der Waals surface area contributed by atoms with Crippen LogP contribution in [0.5, 0.6) is 11.5 Å². The molecule has 3 nitrogen and oxygen atoms in total. The smallest absolute Gasteiger partial charge is 0.308 e. The molecule has 3 heteroatoms. The van der Waals surface area contributed by atoms with Crippen LogP contribution in [0.2, 0.25) is 0 Å². The lowest BCUT2D eigenvalue weighted by atomic mass is 9.67. The molecular formula is C32H30O3. The fourth-order valence-corrected chi connectivity index (χ4v) is 5.82. The summed E-state index contributed by atoms with van der Waals surface area (Å²) >= 11 is 0. The molecule has 0 saturated heterocycles. The number of esters is 1. The molecule has 1 aliphatic rings. The minimum absolute atomic E-state index is 0.316. The van der Waals surface area contributed by atoms with Crippen LogP contribution in [0.1, 0.15) is 51.4 Å². The van der Waals surface area contributed by atoms with Crippen molar-refractivity contribution in [1.29, 1.82) is 0 Å². The minimum Gasteiger partial charge on any atom is -0.496 e. The van der Waals surface area contributed by atoms with Crippen LogP contribution in [0, 0.1) is 27.7 Å². The fraction of sp³-hybridized carbons (Fsp3) is 0.219. The first-order chi connectivity index (χ1) is 16.8. The van der Waals surface area contributed by atoms with E-state index in [2.05, 4.69) is 87.5 Å². The Morgan fingerprint density at radius 1 is 0.657 bits per heavy atom. The first-order valence-electron chi connectivity index (χ1n) is 11.9. The molecule has 0 bridgehead atoms. The largest absolute Gasteiger partial charge is 0.496 e. The maximum atomic E-state index is 11.7. The lowest BCUT2D eigenvalue weighted by Gasteiger charge is -2.35. The van der Waals surface area contributed by atoms with Crippen LogP contribution >= 0.6 is 0 Å². The fourth-order valence-electron chi connectivity index (χ4n) is 5.82. The van der Waals surface area contributed by atoms with Gasteiger partial charge in [-0.25, -0.2) is 0 Å². The van der Waals surface area contributed by atoms with Gasteiger partial charge in [-0.15, -0.1) is 0 Å². The third kappa shape index (κ3) is 3.37.